The number of ether oxygens (including phenoxy) is 1. The summed E-state index contributed by atoms with van der Waals surface area (Å²) in [7, 11) is 1.49. The SMILES string of the molecule is Cn1ccc(C(=O)NCCCOc2ccc(Cl)c(Cl)c2)c(O)c1=O. The zero-order chi connectivity index (χ0) is 17.7. The van der Waals surface area contributed by atoms with Crippen LogP contribution in [0.2, 0.25) is 10.0 Å². The fraction of sp³-hybridized carbons (Fsp3) is 0.250. The molecule has 0 atom stereocenters. The minimum Gasteiger partial charge on any atom is -0.502 e. The monoisotopic (exact) mass is 370 g/mol. The smallest absolute Gasteiger partial charge is 0.293 e. The summed E-state index contributed by atoms with van der Waals surface area (Å²) in [5, 5.41) is 13.2. The van der Waals surface area contributed by atoms with Gasteiger partial charge < -0.3 is 19.7 Å². The van der Waals surface area contributed by atoms with E-state index in [0.717, 1.165) is 0 Å². The second-order valence-electron chi connectivity index (χ2n) is 5.03. The number of aromatic nitrogens is 1. The summed E-state index contributed by atoms with van der Waals surface area (Å²) in [6.45, 7) is 0.690. The molecule has 1 amide bonds. The Kier molecular flexibility index (Phi) is 6.11. The van der Waals surface area contributed by atoms with E-state index >= 15 is 0 Å². The summed E-state index contributed by atoms with van der Waals surface area (Å²) < 4.78 is 6.68. The Morgan fingerprint density at radius 1 is 1.29 bits per heavy atom. The van der Waals surface area contributed by atoms with Gasteiger partial charge in [-0.2, -0.15) is 0 Å². The highest BCUT2D eigenvalue weighted by atomic mass is 35.5. The summed E-state index contributed by atoms with van der Waals surface area (Å²) in [4.78, 5) is 23.5. The minimum absolute atomic E-state index is 0.0523. The molecule has 0 radical (unpaired) electrons. The van der Waals surface area contributed by atoms with Crippen LogP contribution in [0.25, 0.3) is 0 Å². The lowest BCUT2D eigenvalue weighted by Gasteiger charge is -2.09. The minimum atomic E-state index is -0.620. The topological polar surface area (TPSA) is 80.6 Å². The van der Waals surface area contributed by atoms with Crippen LogP contribution in [0.5, 0.6) is 11.5 Å². The van der Waals surface area contributed by atoms with Gasteiger partial charge in [0.2, 0.25) is 0 Å². The molecule has 0 saturated heterocycles. The van der Waals surface area contributed by atoms with Crippen molar-refractivity contribution in [1.29, 1.82) is 0 Å². The van der Waals surface area contributed by atoms with Crippen LogP contribution in [0, 0.1) is 0 Å². The number of benzene rings is 1. The number of halogens is 2. The second kappa shape index (κ2) is 8.08. The number of carbonyl (C=O) groups is 1. The van der Waals surface area contributed by atoms with E-state index in [1.807, 2.05) is 0 Å². The van der Waals surface area contributed by atoms with Crippen molar-refractivity contribution < 1.29 is 14.6 Å². The van der Waals surface area contributed by atoms with E-state index in [2.05, 4.69) is 5.32 Å². The van der Waals surface area contributed by atoms with Crippen molar-refractivity contribution in [1.82, 2.24) is 9.88 Å². The first-order valence-electron chi connectivity index (χ1n) is 7.15. The standard InChI is InChI=1S/C16H16Cl2N2O4/c1-20-7-5-11(14(21)16(20)23)15(22)19-6-2-8-24-10-3-4-12(17)13(18)9-10/h3-5,7,9,21H,2,6,8H2,1H3,(H,19,22). The first kappa shape index (κ1) is 18.2. The van der Waals surface area contributed by atoms with Gasteiger partial charge in [-0.3, -0.25) is 9.59 Å². The first-order valence-corrected chi connectivity index (χ1v) is 7.90. The predicted octanol–water partition coefficient (Wildman–Crippen LogP) is 2.60. The van der Waals surface area contributed by atoms with Crippen LogP contribution in [-0.2, 0) is 7.05 Å². The van der Waals surface area contributed by atoms with Crippen LogP contribution in [0.15, 0.2) is 35.3 Å². The second-order valence-corrected chi connectivity index (χ2v) is 5.84. The Labute approximate surface area is 148 Å². The normalized spacial score (nSPS) is 10.5. The number of hydrogen-bond acceptors (Lipinski definition) is 4. The van der Waals surface area contributed by atoms with Gasteiger partial charge in [-0.05, 0) is 24.6 Å². The molecule has 2 N–H and O–H groups in total. The van der Waals surface area contributed by atoms with E-state index < -0.39 is 17.2 Å². The average Bonchev–Trinajstić information content (AvgIpc) is 2.55. The maximum absolute atomic E-state index is 12.0. The summed E-state index contributed by atoms with van der Waals surface area (Å²) >= 11 is 11.7. The Hall–Kier alpha value is -2.18. The van der Waals surface area contributed by atoms with Crippen LogP contribution in [0.3, 0.4) is 0 Å². The van der Waals surface area contributed by atoms with E-state index in [1.54, 1.807) is 18.2 Å². The highest BCUT2D eigenvalue weighted by Crippen LogP contribution is 2.26. The Morgan fingerprint density at radius 3 is 2.75 bits per heavy atom. The lowest BCUT2D eigenvalue weighted by atomic mass is 10.2. The Morgan fingerprint density at radius 2 is 2.04 bits per heavy atom. The van der Waals surface area contributed by atoms with E-state index in [1.165, 1.54) is 23.9 Å². The Bertz CT molecular complexity index is 805. The molecule has 24 heavy (non-hydrogen) atoms. The van der Waals surface area contributed by atoms with Gasteiger partial charge in [0, 0.05) is 25.9 Å². The molecule has 8 heteroatoms. The molecule has 1 heterocycles. The fourth-order valence-electron chi connectivity index (χ4n) is 1.92. The lowest BCUT2D eigenvalue weighted by molar-refractivity contribution is 0.0948. The number of aryl methyl sites for hydroxylation is 1. The highest BCUT2D eigenvalue weighted by molar-refractivity contribution is 6.42. The quantitative estimate of drug-likeness (QED) is 0.765. The van der Waals surface area contributed by atoms with Crippen LogP contribution < -0.4 is 15.6 Å². The van der Waals surface area contributed by atoms with Crippen molar-refractivity contribution in [3.05, 3.63) is 56.4 Å². The summed E-state index contributed by atoms with van der Waals surface area (Å²) in [6.07, 6.45) is 1.96. The molecule has 0 spiro atoms. The first-order chi connectivity index (χ1) is 11.4. The van der Waals surface area contributed by atoms with E-state index in [9.17, 15) is 14.7 Å². The maximum Gasteiger partial charge on any atom is 0.293 e. The molecule has 1 aromatic heterocycles. The predicted molar refractivity (Wildman–Crippen MR) is 92.3 cm³/mol. The van der Waals surface area contributed by atoms with Crippen molar-refractivity contribution in [2.75, 3.05) is 13.2 Å². The molecular weight excluding hydrogens is 355 g/mol. The Balaban J connectivity index is 1.80. The number of nitrogens with zero attached hydrogens (tertiary/aromatic N) is 1. The van der Waals surface area contributed by atoms with Gasteiger partial charge in [-0.1, -0.05) is 23.2 Å². The summed E-state index contributed by atoms with van der Waals surface area (Å²) in [5.41, 5.74) is -0.672. The molecule has 0 aliphatic carbocycles. The molecule has 0 saturated carbocycles. The highest BCUT2D eigenvalue weighted by Gasteiger charge is 2.14. The molecule has 2 aromatic rings. The van der Waals surface area contributed by atoms with Crippen LogP contribution in [0.4, 0.5) is 0 Å². The van der Waals surface area contributed by atoms with E-state index in [-0.39, 0.29) is 5.56 Å². The third kappa shape index (κ3) is 4.43. The van der Waals surface area contributed by atoms with Gasteiger partial charge >= 0.3 is 0 Å². The summed E-state index contributed by atoms with van der Waals surface area (Å²) in [6, 6.07) is 6.34. The number of nitrogens with one attached hydrogen (secondary N) is 1. The molecule has 0 aliphatic rings. The summed E-state index contributed by atoms with van der Waals surface area (Å²) in [5.74, 6) is -0.496. The zero-order valence-electron chi connectivity index (χ0n) is 12.9. The lowest BCUT2D eigenvalue weighted by Crippen LogP contribution is -2.28. The molecule has 2 rings (SSSR count). The van der Waals surface area contributed by atoms with Crippen molar-refractivity contribution in [3.63, 3.8) is 0 Å². The van der Waals surface area contributed by atoms with Crippen molar-refractivity contribution in [2.24, 2.45) is 7.05 Å². The van der Waals surface area contributed by atoms with Gasteiger partial charge in [-0.25, -0.2) is 0 Å². The number of amides is 1. The molecule has 0 bridgehead atoms. The van der Waals surface area contributed by atoms with Gasteiger partial charge in [0.1, 0.15) is 5.75 Å². The third-order valence-electron chi connectivity index (χ3n) is 3.25. The molecule has 128 valence electrons. The van der Waals surface area contributed by atoms with E-state index in [0.29, 0.717) is 35.4 Å². The molecule has 1 aromatic carbocycles. The molecule has 6 nitrogen and oxygen atoms in total. The van der Waals surface area contributed by atoms with Crippen LogP contribution >= 0.6 is 23.2 Å². The average molecular weight is 371 g/mol. The fourth-order valence-corrected chi connectivity index (χ4v) is 2.21. The van der Waals surface area contributed by atoms with Gasteiger partial charge in [0.05, 0.1) is 22.2 Å². The number of pyridine rings is 1. The van der Waals surface area contributed by atoms with Gasteiger partial charge in [0.15, 0.2) is 5.75 Å². The zero-order valence-corrected chi connectivity index (χ0v) is 14.4. The van der Waals surface area contributed by atoms with Crippen molar-refractivity contribution in [2.45, 2.75) is 6.42 Å². The number of aromatic hydroxyl groups is 1. The largest absolute Gasteiger partial charge is 0.502 e. The molecule has 0 fully saturated rings. The number of carbonyl (C=O) groups excluding carboxylic acids is 1. The van der Waals surface area contributed by atoms with Crippen molar-refractivity contribution >= 4 is 29.1 Å². The van der Waals surface area contributed by atoms with Gasteiger partial charge in [0.25, 0.3) is 11.5 Å². The number of rotatable bonds is 6. The van der Waals surface area contributed by atoms with Crippen LogP contribution in [-0.4, -0.2) is 28.7 Å². The molecule has 0 aliphatic heterocycles. The van der Waals surface area contributed by atoms with Gasteiger partial charge in [-0.15, -0.1) is 0 Å². The maximum atomic E-state index is 12.0. The third-order valence-corrected chi connectivity index (χ3v) is 3.99. The van der Waals surface area contributed by atoms with Crippen molar-refractivity contribution in [3.8, 4) is 11.5 Å². The number of hydrogen-bond donors (Lipinski definition) is 2. The van der Waals surface area contributed by atoms with E-state index in [4.69, 9.17) is 27.9 Å². The molecular formula is C16H16Cl2N2O4. The molecule has 0 unspecified atom stereocenters. The van der Waals surface area contributed by atoms with Crippen LogP contribution in [0.1, 0.15) is 16.8 Å².